The van der Waals surface area contributed by atoms with Gasteiger partial charge in [-0.05, 0) is 30.2 Å². The molecule has 0 unspecified atom stereocenters. The fourth-order valence-electron chi connectivity index (χ4n) is 3.67. The molecule has 6 nitrogen and oxygen atoms in total. The fourth-order valence-corrected chi connectivity index (χ4v) is 3.84. The average Bonchev–Trinajstić information content (AvgIpc) is 2.71. The maximum atomic E-state index is 12.6. The number of fused-ring (bicyclic) bond motifs is 1. The third-order valence-corrected chi connectivity index (χ3v) is 5.61. The van der Waals surface area contributed by atoms with Crippen LogP contribution in [0.25, 0.3) is 5.65 Å². The number of hydrogen-bond donors (Lipinski definition) is 0. The van der Waals surface area contributed by atoms with Gasteiger partial charge in [0.15, 0.2) is 0 Å². The SMILES string of the molecule is Cc1ccccc1CC(=O)N1CCN(Cc2cc(=O)n3cc(Cl)ccc3n2)CC1. The number of nitrogens with zero attached hydrogens (tertiary/aromatic N) is 4. The van der Waals surface area contributed by atoms with Gasteiger partial charge >= 0.3 is 0 Å². The van der Waals surface area contributed by atoms with Gasteiger partial charge in [-0.15, -0.1) is 0 Å². The van der Waals surface area contributed by atoms with E-state index < -0.39 is 0 Å². The number of amides is 1. The second-order valence-electron chi connectivity index (χ2n) is 7.42. The molecule has 1 aromatic carbocycles. The largest absolute Gasteiger partial charge is 0.340 e. The van der Waals surface area contributed by atoms with Crippen molar-refractivity contribution in [2.45, 2.75) is 19.9 Å². The molecular weight excluding hydrogens is 388 g/mol. The summed E-state index contributed by atoms with van der Waals surface area (Å²) in [6.45, 7) is 5.53. The minimum atomic E-state index is -0.139. The lowest BCUT2D eigenvalue weighted by molar-refractivity contribution is -0.132. The number of aromatic nitrogens is 2. The van der Waals surface area contributed by atoms with E-state index in [4.69, 9.17) is 11.6 Å². The lowest BCUT2D eigenvalue weighted by atomic mass is 10.1. The average molecular weight is 411 g/mol. The van der Waals surface area contributed by atoms with Crippen molar-refractivity contribution in [3.8, 4) is 0 Å². The number of piperazine rings is 1. The molecule has 1 fully saturated rings. The van der Waals surface area contributed by atoms with Crippen LogP contribution in [0.3, 0.4) is 0 Å². The van der Waals surface area contributed by atoms with Crippen molar-refractivity contribution in [1.29, 1.82) is 0 Å². The molecule has 1 saturated heterocycles. The summed E-state index contributed by atoms with van der Waals surface area (Å²) in [6, 6.07) is 13.0. The molecule has 0 saturated carbocycles. The zero-order valence-electron chi connectivity index (χ0n) is 16.3. The van der Waals surface area contributed by atoms with Gasteiger partial charge in [-0.2, -0.15) is 0 Å². The molecule has 0 N–H and O–H groups in total. The van der Waals surface area contributed by atoms with Crippen LogP contribution in [0, 0.1) is 6.92 Å². The summed E-state index contributed by atoms with van der Waals surface area (Å²) in [5.74, 6) is 0.165. The first-order valence-corrected chi connectivity index (χ1v) is 10.1. The standard InChI is InChI=1S/C22H23ClN4O2/c1-16-4-2-3-5-17(16)12-21(28)26-10-8-25(9-11-26)15-19-13-22(29)27-14-18(23)6-7-20(27)24-19/h2-7,13-14H,8-12,15H2,1H3. The van der Waals surface area contributed by atoms with Crippen molar-refractivity contribution in [3.63, 3.8) is 0 Å². The summed E-state index contributed by atoms with van der Waals surface area (Å²) < 4.78 is 1.45. The highest BCUT2D eigenvalue weighted by atomic mass is 35.5. The van der Waals surface area contributed by atoms with Crippen molar-refractivity contribution in [2.75, 3.05) is 26.2 Å². The van der Waals surface area contributed by atoms with E-state index in [1.54, 1.807) is 24.4 Å². The van der Waals surface area contributed by atoms with E-state index >= 15 is 0 Å². The Kier molecular flexibility index (Phi) is 5.65. The normalized spacial score (nSPS) is 15.0. The zero-order valence-corrected chi connectivity index (χ0v) is 17.1. The van der Waals surface area contributed by atoms with Crippen LogP contribution in [0.2, 0.25) is 5.02 Å². The Morgan fingerprint density at radius 2 is 1.86 bits per heavy atom. The topological polar surface area (TPSA) is 57.9 Å². The lowest BCUT2D eigenvalue weighted by Gasteiger charge is -2.34. The zero-order chi connectivity index (χ0) is 20.4. The van der Waals surface area contributed by atoms with E-state index in [1.165, 1.54) is 4.40 Å². The molecule has 0 aliphatic carbocycles. The summed E-state index contributed by atoms with van der Waals surface area (Å²) in [4.78, 5) is 33.7. The second-order valence-corrected chi connectivity index (χ2v) is 7.86. The van der Waals surface area contributed by atoms with Gasteiger partial charge in [0.1, 0.15) is 5.65 Å². The Morgan fingerprint density at radius 3 is 2.62 bits per heavy atom. The van der Waals surface area contributed by atoms with Gasteiger partial charge in [0.2, 0.25) is 5.91 Å². The molecule has 4 rings (SSSR count). The highest BCUT2D eigenvalue weighted by Gasteiger charge is 2.22. The quantitative estimate of drug-likeness (QED) is 0.663. The molecule has 3 heterocycles. The molecule has 29 heavy (non-hydrogen) atoms. The molecule has 0 bridgehead atoms. The van der Waals surface area contributed by atoms with Crippen LogP contribution >= 0.6 is 11.6 Å². The minimum Gasteiger partial charge on any atom is -0.340 e. The van der Waals surface area contributed by atoms with Crippen molar-refractivity contribution in [1.82, 2.24) is 19.2 Å². The van der Waals surface area contributed by atoms with E-state index in [-0.39, 0.29) is 11.5 Å². The van der Waals surface area contributed by atoms with Crippen LogP contribution in [0.5, 0.6) is 0 Å². The maximum Gasteiger partial charge on any atom is 0.258 e. The maximum absolute atomic E-state index is 12.6. The van der Waals surface area contributed by atoms with Gasteiger partial charge in [0.05, 0.1) is 17.1 Å². The monoisotopic (exact) mass is 410 g/mol. The van der Waals surface area contributed by atoms with Gasteiger partial charge in [-0.25, -0.2) is 4.98 Å². The molecule has 1 aliphatic heterocycles. The van der Waals surface area contributed by atoms with E-state index in [1.807, 2.05) is 36.1 Å². The van der Waals surface area contributed by atoms with Crippen molar-refractivity contribution < 1.29 is 4.79 Å². The van der Waals surface area contributed by atoms with Crippen LogP contribution in [0.15, 0.2) is 53.5 Å². The van der Waals surface area contributed by atoms with Gasteiger partial charge in [0, 0.05) is 45.0 Å². The second kappa shape index (κ2) is 8.35. The van der Waals surface area contributed by atoms with Crippen LogP contribution in [-0.4, -0.2) is 51.3 Å². The molecule has 1 aliphatic rings. The molecule has 1 amide bonds. The summed E-state index contributed by atoms with van der Waals surface area (Å²) in [5, 5.41) is 0.501. The van der Waals surface area contributed by atoms with Crippen molar-refractivity contribution in [2.24, 2.45) is 0 Å². The van der Waals surface area contributed by atoms with Crippen LogP contribution < -0.4 is 5.56 Å². The van der Waals surface area contributed by atoms with Gasteiger partial charge in [-0.3, -0.25) is 18.9 Å². The van der Waals surface area contributed by atoms with E-state index in [9.17, 15) is 9.59 Å². The third-order valence-electron chi connectivity index (χ3n) is 5.39. The highest BCUT2D eigenvalue weighted by molar-refractivity contribution is 6.30. The first-order valence-electron chi connectivity index (χ1n) is 9.72. The number of carbonyl (C=O) groups excluding carboxylic acids is 1. The molecule has 0 radical (unpaired) electrons. The Morgan fingerprint density at radius 1 is 1.10 bits per heavy atom. The predicted molar refractivity (Wildman–Crippen MR) is 113 cm³/mol. The van der Waals surface area contributed by atoms with Crippen LogP contribution in [0.1, 0.15) is 16.8 Å². The summed E-state index contributed by atoms with van der Waals surface area (Å²) in [6.07, 6.45) is 2.02. The Bertz CT molecular complexity index is 1100. The minimum absolute atomic E-state index is 0.139. The predicted octanol–water partition coefficient (Wildman–Crippen LogP) is 2.54. The molecule has 150 valence electrons. The smallest absolute Gasteiger partial charge is 0.258 e. The third kappa shape index (κ3) is 4.49. The molecule has 3 aromatic rings. The number of halogens is 1. The van der Waals surface area contributed by atoms with Gasteiger partial charge in [0.25, 0.3) is 5.56 Å². The van der Waals surface area contributed by atoms with Crippen LogP contribution in [0.4, 0.5) is 0 Å². The number of hydrogen-bond acceptors (Lipinski definition) is 4. The summed E-state index contributed by atoms with van der Waals surface area (Å²) in [7, 11) is 0. The van der Waals surface area contributed by atoms with Gasteiger partial charge < -0.3 is 4.90 Å². The molecule has 2 aromatic heterocycles. The number of carbonyl (C=O) groups is 1. The fraction of sp³-hybridized carbons (Fsp3) is 0.318. The first kappa shape index (κ1) is 19.6. The number of benzene rings is 1. The van der Waals surface area contributed by atoms with E-state index in [0.717, 1.165) is 29.9 Å². The molecular formula is C22H23ClN4O2. The lowest BCUT2D eigenvalue weighted by Crippen LogP contribution is -2.48. The number of pyridine rings is 1. The first-order chi connectivity index (χ1) is 14.0. The Labute approximate surface area is 174 Å². The van der Waals surface area contributed by atoms with Gasteiger partial charge in [-0.1, -0.05) is 35.9 Å². The Balaban J connectivity index is 1.37. The molecule has 0 atom stereocenters. The molecule has 7 heteroatoms. The van der Waals surface area contributed by atoms with Crippen molar-refractivity contribution >= 4 is 23.2 Å². The highest BCUT2D eigenvalue weighted by Crippen LogP contribution is 2.13. The van der Waals surface area contributed by atoms with E-state index in [0.29, 0.717) is 36.7 Å². The Hall–Kier alpha value is -2.70. The van der Waals surface area contributed by atoms with Crippen LogP contribution in [-0.2, 0) is 17.8 Å². The number of aryl methyl sites for hydroxylation is 1. The van der Waals surface area contributed by atoms with Crippen molar-refractivity contribution in [3.05, 3.63) is 80.9 Å². The molecule has 0 spiro atoms. The summed E-state index contributed by atoms with van der Waals surface area (Å²) >= 11 is 5.96. The summed E-state index contributed by atoms with van der Waals surface area (Å²) in [5.41, 5.74) is 3.41. The van der Waals surface area contributed by atoms with E-state index in [2.05, 4.69) is 9.88 Å². The number of rotatable bonds is 4.